The summed E-state index contributed by atoms with van der Waals surface area (Å²) < 4.78 is 10.9. The monoisotopic (exact) mass is 291 g/mol. The number of methoxy groups -OCH3 is 1. The van der Waals surface area contributed by atoms with Crippen LogP contribution in [-0.4, -0.2) is 26.3 Å². The van der Waals surface area contributed by atoms with E-state index in [-0.39, 0.29) is 0 Å². The Balaban J connectivity index is 1.61. The number of ether oxygens (including phenoxy) is 2. The third-order valence-electron chi connectivity index (χ3n) is 4.76. The molecule has 21 heavy (non-hydrogen) atoms. The van der Waals surface area contributed by atoms with E-state index in [9.17, 15) is 0 Å². The van der Waals surface area contributed by atoms with Crippen molar-refractivity contribution < 1.29 is 9.47 Å². The van der Waals surface area contributed by atoms with Gasteiger partial charge in [-0.05, 0) is 55.5 Å². The number of nitrogens with one attached hydrogen (secondary N) is 1. The standard InChI is InChI=1S/C18H29NO2/c1-14-6-4-7-18(15(14)2)19-12-5-13-21-17-10-8-16(20-3)9-11-17/h8-11,14-15,18-19H,4-7,12-13H2,1-3H3/t14-,15+,18+/m1/s1. The maximum absolute atomic E-state index is 5.75. The fourth-order valence-electron chi connectivity index (χ4n) is 3.09. The van der Waals surface area contributed by atoms with E-state index in [1.54, 1.807) is 7.11 Å². The fraction of sp³-hybridized carbons (Fsp3) is 0.667. The Hall–Kier alpha value is -1.22. The van der Waals surface area contributed by atoms with Gasteiger partial charge in [0.05, 0.1) is 13.7 Å². The summed E-state index contributed by atoms with van der Waals surface area (Å²) in [6, 6.07) is 8.46. The van der Waals surface area contributed by atoms with Gasteiger partial charge in [0.15, 0.2) is 0 Å². The molecule has 3 atom stereocenters. The highest BCUT2D eigenvalue weighted by atomic mass is 16.5. The van der Waals surface area contributed by atoms with Crippen LogP contribution in [0, 0.1) is 11.8 Å². The molecule has 1 saturated carbocycles. The SMILES string of the molecule is COc1ccc(OCCCN[C@H]2CCC[C@@H](C)[C@@H]2C)cc1. The first-order chi connectivity index (χ1) is 10.2. The number of benzene rings is 1. The lowest BCUT2D eigenvalue weighted by Gasteiger charge is -2.34. The van der Waals surface area contributed by atoms with Crippen molar-refractivity contribution in [2.75, 3.05) is 20.3 Å². The topological polar surface area (TPSA) is 30.5 Å². The zero-order valence-corrected chi connectivity index (χ0v) is 13.6. The van der Waals surface area contributed by atoms with Crippen molar-refractivity contribution in [3.63, 3.8) is 0 Å². The normalized spacial score (nSPS) is 25.6. The van der Waals surface area contributed by atoms with Gasteiger partial charge in [-0.2, -0.15) is 0 Å². The van der Waals surface area contributed by atoms with Gasteiger partial charge in [0.1, 0.15) is 11.5 Å². The Morgan fingerprint density at radius 2 is 1.81 bits per heavy atom. The van der Waals surface area contributed by atoms with Gasteiger partial charge in [-0.3, -0.25) is 0 Å². The van der Waals surface area contributed by atoms with Gasteiger partial charge in [0.25, 0.3) is 0 Å². The highest BCUT2D eigenvalue weighted by molar-refractivity contribution is 5.31. The van der Waals surface area contributed by atoms with Crippen LogP contribution in [0.15, 0.2) is 24.3 Å². The van der Waals surface area contributed by atoms with Crippen LogP contribution in [-0.2, 0) is 0 Å². The zero-order valence-electron chi connectivity index (χ0n) is 13.6. The lowest BCUT2D eigenvalue weighted by molar-refractivity contribution is 0.203. The summed E-state index contributed by atoms with van der Waals surface area (Å²) in [5.41, 5.74) is 0. The zero-order chi connectivity index (χ0) is 15.1. The molecule has 1 aromatic rings. The average Bonchev–Trinajstić information content (AvgIpc) is 2.51. The van der Waals surface area contributed by atoms with Crippen LogP contribution < -0.4 is 14.8 Å². The summed E-state index contributed by atoms with van der Waals surface area (Å²) in [4.78, 5) is 0. The van der Waals surface area contributed by atoms with E-state index in [4.69, 9.17) is 9.47 Å². The molecule has 0 amide bonds. The largest absolute Gasteiger partial charge is 0.497 e. The first kappa shape index (κ1) is 16.2. The molecule has 1 aromatic carbocycles. The maximum Gasteiger partial charge on any atom is 0.119 e. The maximum atomic E-state index is 5.75. The molecule has 2 rings (SSSR count). The molecule has 118 valence electrons. The average molecular weight is 291 g/mol. The molecule has 0 unspecified atom stereocenters. The molecule has 3 heteroatoms. The molecule has 0 radical (unpaired) electrons. The predicted molar refractivity (Wildman–Crippen MR) is 87.1 cm³/mol. The molecule has 1 N–H and O–H groups in total. The second kappa shape index (κ2) is 8.28. The van der Waals surface area contributed by atoms with Gasteiger partial charge >= 0.3 is 0 Å². The summed E-state index contributed by atoms with van der Waals surface area (Å²) >= 11 is 0. The second-order valence-corrected chi connectivity index (χ2v) is 6.21. The lowest BCUT2D eigenvalue weighted by atomic mass is 9.78. The van der Waals surface area contributed by atoms with E-state index in [0.29, 0.717) is 6.04 Å². The van der Waals surface area contributed by atoms with Gasteiger partial charge in [-0.1, -0.05) is 26.7 Å². The van der Waals surface area contributed by atoms with Crippen LogP contribution in [0.5, 0.6) is 11.5 Å². The van der Waals surface area contributed by atoms with E-state index in [2.05, 4.69) is 19.2 Å². The molecule has 1 aliphatic carbocycles. The van der Waals surface area contributed by atoms with Gasteiger partial charge in [-0.15, -0.1) is 0 Å². The third kappa shape index (κ3) is 4.92. The van der Waals surface area contributed by atoms with Gasteiger partial charge in [-0.25, -0.2) is 0 Å². The summed E-state index contributed by atoms with van der Waals surface area (Å²) in [7, 11) is 1.68. The van der Waals surface area contributed by atoms with E-state index in [0.717, 1.165) is 42.9 Å². The van der Waals surface area contributed by atoms with Crippen molar-refractivity contribution in [2.24, 2.45) is 11.8 Å². The second-order valence-electron chi connectivity index (χ2n) is 6.21. The fourth-order valence-corrected chi connectivity index (χ4v) is 3.09. The number of hydrogen-bond donors (Lipinski definition) is 1. The van der Waals surface area contributed by atoms with Crippen molar-refractivity contribution in [3.8, 4) is 11.5 Å². The van der Waals surface area contributed by atoms with Crippen LogP contribution in [0.1, 0.15) is 39.5 Å². The minimum atomic E-state index is 0.690. The van der Waals surface area contributed by atoms with Crippen LogP contribution in [0.4, 0.5) is 0 Å². The van der Waals surface area contributed by atoms with Gasteiger partial charge in [0, 0.05) is 6.04 Å². The van der Waals surface area contributed by atoms with Crippen LogP contribution in [0.3, 0.4) is 0 Å². The summed E-state index contributed by atoms with van der Waals surface area (Å²) in [5.74, 6) is 3.42. The number of rotatable bonds is 7. The third-order valence-corrected chi connectivity index (χ3v) is 4.76. The highest BCUT2D eigenvalue weighted by Crippen LogP contribution is 2.29. The molecule has 0 spiro atoms. The van der Waals surface area contributed by atoms with Crippen molar-refractivity contribution in [1.82, 2.24) is 5.32 Å². The molecular formula is C18H29NO2. The van der Waals surface area contributed by atoms with Gasteiger partial charge < -0.3 is 14.8 Å². The van der Waals surface area contributed by atoms with E-state index >= 15 is 0 Å². The Bertz CT molecular complexity index is 404. The minimum absolute atomic E-state index is 0.690. The summed E-state index contributed by atoms with van der Waals surface area (Å²) in [6.07, 6.45) is 5.12. The van der Waals surface area contributed by atoms with Crippen molar-refractivity contribution in [1.29, 1.82) is 0 Å². The number of hydrogen-bond acceptors (Lipinski definition) is 3. The first-order valence-electron chi connectivity index (χ1n) is 8.21. The van der Waals surface area contributed by atoms with Crippen LogP contribution in [0.25, 0.3) is 0 Å². The molecule has 0 bridgehead atoms. The van der Waals surface area contributed by atoms with Crippen LogP contribution in [0.2, 0.25) is 0 Å². The lowest BCUT2D eigenvalue weighted by Crippen LogP contribution is -2.41. The van der Waals surface area contributed by atoms with E-state index < -0.39 is 0 Å². The minimum Gasteiger partial charge on any atom is -0.497 e. The molecular weight excluding hydrogens is 262 g/mol. The smallest absolute Gasteiger partial charge is 0.119 e. The Morgan fingerprint density at radius 1 is 1.10 bits per heavy atom. The Labute approximate surface area is 129 Å². The van der Waals surface area contributed by atoms with Crippen molar-refractivity contribution >= 4 is 0 Å². The molecule has 1 fully saturated rings. The highest BCUT2D eigenvalue weighted by Gasteiger charge is 2.26. The van der Waals surface area contributed by atoms with Crippen LogP contribution >= 0.6 is 0 Å². The molecule has 0 aromatic heterocycles. The van der Waals surface area contributed by atoms with Crippen molar-refractivity contribution in [2.45, 2.75) is 45.6 Å². The predicted octanol–water partition coefficient (Wildman–Crippen LogP) is 3.88. The quantitative estimate of drug-likeness (QED) is 0.773. The molecule has 0 saturated heterocycles. The van der Waals surface area contributed by atoms with Crippen molar-refractivity contribution in [3.05, 3.63) is 24.3 Å². The van der Waals surface area contributed by atoms with Gasteiger partial charge in [0.2, 0.25) is 0 Å². The molecule has 0 aliphatic heterocycles. The first-order valence-corrected chi connectivity index (χ1v) is 8.21. The Morgan fingerprint density at radius 3 is 2.52 bits per heavy atom. The molecule has 1 aliphatic rings. The van der Waals surface area contributed by atoms with E-state index in [1.807, 2.05) is 24.3 Å². The summed E-state index contributed by atoms with van der Waals surface area (Å²) in [6.45, 7) is 6.56. The summed E-state index contributed by atoms with van der Waals surface area (Å²) in [5, 5.41) is 3.71. The molecule has 3 nitrogen and oxygen atoms in total. The molecule has 0 heterocycles. The Kier molecular flexibility index (Phi) is 6.37. The van der Waals surface area contributed by atoms with E-state index in [1.165, 1.54) is 19.3 Å².